The number of hydrogen-bond donors (Lipinski definition) is 3. The number of aromatic amines is 1. The zero-order valence-corrected chi connectivity index (χ0v) is 12.4. The van der Waals surface area contributed by atoms with Gasteiger partial charge in [-0.1, -0.05) is 6.92 Å². The molecular formula is C16H19N3O2. The predicted octanol–water partition coefficient (Wildman–Crippen LogP) is 2.77. The summed E-state index contributed by atoms with van der Waals surface area (Å²) in [6.45, 7) is 5.89. The maximum Gasteiger partial charge on any atom is 0.225 e. The van der Waals surface area contributed by atoms with E-state index in [1.807, 2.05) is 26.8 Å². The SMILES string of the molecule is CCc1nc([C@@H]2CC(=O)Nc3cc(O)c(C)cc32)c(C)[nH]1. The molecule has 1 atom stereocenters. The van der Waals surface area contributed by atoms with Crippen LogP contribution in [0.2, 0.25) is 0 Å². The predicted molar refractivity (Wildman–Crippen MR) is 80.6 cm³/mol. The quantitative estimate of drug-likeness (QED) is 0.794. The molecule has 0 aliphatic carbocycles. The summed E-state index contributed by atoms with van der Waals surface area (Å²) >= 11 is 0. The van der Waals surface area contributed by atoms with E-state index in [1.165, 1.54) is 0 Å². The van der Waals surface area contributed by atoms with Gasteiger partial charge in [0, 0.05) is 36.2 Å². The highest BCUT2D eigenvalue weighted by molar-refractivity contribution is 5.95. The summed E-state index contributed by atoms with van der Waals surface area (Å²) in [6, 6.07) is 3.56. The van der Waals surface area contributed by atoms with Crippen molar-refractivity contribution in [1.82, 2.24) is 9.97 Å². The van der Waals surface area contributed by atoms with E-state index in [1.54, 1.807) is 6.07 Å². The van der Waals surface area contributed by atoms with Gasteiger partial charge in [0.05, 0.1) is 5.69 Å². The smallest absolute Gasteiger partial charge is 0.225 e. The lowest BCUT2D eigenvalue weighted by Crippen LogP contribution is -2.24. The second-order valence-electron chi connectivity index (χ2n) is 5.58. The summed E-state index contributed by atoms with van der Waals surface area (Å²) in [5, 5.41) is 12.7. The van der Waals surface area contributed by atoms with E-state index in [4.69, 9.17) is 0 Å². The lowest BCUT2D eigenvalue weighted by Gasteiger charge is -2.25. The monoisotopic (exact) mass is 285 g/mol. The summed E-state index contributed by atoms with van der Waals surface area (Å²) in [5.41, 5.74) is 4.43. The van der Waals surface area contributed by atoms with Gasteiger partial charge in [-0.2, -0.15) is 0 Å². The van der Waals surface area contributed by atoms with Crippen molar-refractivity contribution in [1.29, 1.82) is 0 Å². The molecule has 3 rings (SSSR count). The van der Waals surface area contributed by atoms with Crippen molar-refractivity contribution >= 4 is 11.6 Å². The topological polar surface area (TPSA) is 78.0 Å². The number of nitrogens with zero attached hydrogens (tertiary/aromatic N) is 1. The number of amides is 1. The van der Waals surface area contributed by atoms with Gasteiger partial charge in [0.25, 0.3) is 0 Å². The fraction of sp³-hybridized carbons (Fsp3) is 0.375. The third kappa shape index (κ3) is 2.28. The van der Waals surface area contributed by atoms with Crippen LogP contribution in [0.5, 0.6) is 5.75 Å². The van der Waals surface area contributed by atoms with Gasteiger partial charge in [-0.05, 0) is 31.0 Å². The molecule has 1 aliphatic rings. The second-order valence-corrected chi connectivity index (χ2v) is 5.58. The average molecular weight is 285 g/mol. The maximum atomic E-state index is 12.0. The van der Waals surface area contributed by atoms with Gasteiger partial charge >= 0.3 is 0 Å². The van der Waals surface area contributed by atoms with E-state index in [0.29, 0.717) is 12.1 Å². The molecule has 0 radical (unpaired) electrons. The van der Waals surface area contributed by atoms with Crippen LogP contribution in [0, 0.1) is 13.8 Å². The summed E-state index contributed by atoms with van der Waals surface area (Å²) in [6.07, 6.45) is 1.22. The van der Waals surface area contributed by atoms with Gasteiger partial charge in [-0.15, -0.1) is 0 Å². The first-order valence-electron chi connectivity index (χ1n) is 7.18. The van der Waals surface area contributed by atoms with Crippen LogP contribution < -0.4 is 5.32 Å². The number of carbonyl (C=O) groups is 1. The number of aromatic hydroxyl groups is 1. The van der Waals surface area contributed by atoms with Crippen molar-refractivity contribution in [3.8, 4) is 5.75 Å². The normalized spacial score (nSPS) is 17.5. The number of carbonyl (C=O) groups excluding carboxylic acids is 1. The number of phenolic OH excluding ortho intramolecular Hbond substituents is 1. The molecule has 1 amide bonds. The summed E-state index contributed by atoms with van der Waals surface area (Å²) < 4.78 is 0. The van der Waals surface area contributed by atoms with Gasteiger partial charge in [0.2, 0.25) is 5.91 Å². The molecule has 1 aliphatic heterocycles. The molecule has 2 aromatic rings. The van der Waals surface area contributed by atoms with Gasteiger partial charge in [-0.25, -0.2) is 4.98 Å². The minimum atomic E-state index is -0.0652. The largest absolute Gasteiger partial charge is 0.508 e. The Morgan fingerprint density at radius 3 is 2.81 bits per heavy atom. The Kier molecular flexibility index (Phi) is 3.20. The number of benzene rings is 1. The number of aromatic nitrogens is 2. The Morgan fingerprint density at radius 2 is 2.14 bits per heavy atom. The first kappa shape index (κ1) is 13.7. The van der Waals surface area contributed by atoms with E-state index >= 15 is 0 Å². The minimum absolute atomic E-state index is 0.0452. The number of rotatable bonds is 2. The van der Waals surface area contributed by atoms with Crippen molar-refractivity contribution in [3.05, 3.63) is 40.5 Å². The van der Waals surface area contributed by atoms with E-state index in [9.17, 15) is 9.90 Å². The lowest BCUT2D eigenvalue weighted by molar-refractivity contribution is -0.116. The molecule has 0 bridgehead atoms. The molecule has 0 spiro atoms. The first-order valence-corrected chi connectivity index (χ1v) is 7.18. The molecule has 0 unspecified atom stereocenters. The number of imidazole rings is 1. The molecule has 21 heavy (non-hydrogen) atoms. The van der Waals surface area contributed by atoms with E-state index in [0.717, 1.165) is 34.8 Å². The molecule has 110 valence electrons. The highest BCUT2D eigenvalue weighted by Gasteiger charge is 2.30. The van der Waals surface area contributed by atoms with E-state index in [-0.39, 0.29) is 17.6 Å². The van der Waals surface area contributed by atoms with Crippen molar-refractivity contribution in [3.63, 3.8) is 0 Å². The standard InChI is InChI=1S/C16H19N3O2/c1-4-14-17-9(3)16(19-14)11-6-15(21)18-12-7-13(20)8(2)5-10(11)12/h5,7,11,20H,4,6H2,1-3H3,(H,17,19)(H,18,21)/t11-/m1/s1. The second kappa shape index (κ2) is 4.91. The zero-order valence-electron chi connectivity index (χ0n) is 12.4. The molecule has 0 saturated carbocycles. The Hall–Kier alpha value is -2.30. The van der Waals surface area contributed by atoms with Crippen LogP contribution in [0.25, 0.3) is 0 Å². The number of anilines is 1. The number of fused-ring (bicyclic) bond motifs is 1. The number of nitrogens with one attached hydrogen (secondary N) is 2. The van der Waals surface area contributed by atoms with E-state index < -0.39 is 0 Å². The fourth-order valence-electron chi connectivity index (χ4n) is 2.90. The molecule has 5 heteroatoms. The van der Waals surface area contributed by atoms with Crippen molar-refractivity contribution in [2.75, 3.05) is 5.32 Å². The average Bonchev–Trinajstić information content (AvgIpc) is 2.81. The van der Waals surface area contributed by atoms with Crippen LogP contribution in [0.4, 0.5) is 5.69 Å². The summed E-state index contributed by atoms with van der Waals surface area (Å²) in [4.78, 5) is 19.9. The van der Waals surface area contributed by atoms with Crippen LogP contribution in [-0.4, -0.2) is 21.0 Å². The molecule has 0 saturated heterocycles. The highest BCUT2D eigenvalue weighted by Crippen LogP contribution is 2.40. The van der Waals surface area contributed by atoms with Crippen LogP contribution in [0.3, 0.4) is 0 Å². The number of hydrogen-bond acceptors (Lipinski definition) is 3. The van der Waals surface area contributed by atoms with Crippen LogP contribution in [-0.2, 0) is 11.2 Å². The Bertz CT molecular complexity index is 719. The zero-order chi connectivity index (χ0) is 15.1. The fourth-order valence-corrected chi connectivity index (χ4v) is 2.90. The molecule has 3 N–H and O–H groups in total. The van der Waals surface area contributed by atoms with Crippen molar-refractivity contribution in [2.24, 2.45) is 0 Å². The van der Waals surface area contributed by atoms with Gasteiger partial charge < -0.3 is 15.4 Å². The number of phenols is 1. The van der Waals surface area contributed by atoms with Gasteiger partial charge in [-0.3, -0.25) is 4.79 Å². The number of H-pyrrole nitrogens is 1. The first-order chi connectivity index (χ1) is 9.99. The van der Waals surface area contributed by atoms with Crippen LogP contribution in [0.15, 0.2) is 12.1 Å². The highest BCUT2D eigenvalue weighted by atomic mass is 16.3. The van der Waals surface area contributed by atoms with E-state index in [2.05, 4.69) is 15.3 Å². The molecule has 1 aromatic heterocycles. The number of aryl methyl sites for hydroxylation is 3. The summed E-state index contributed by atoms with van der Waals surface area (Å²) in [5.74, 6) is 1.02. The molecule has 5 nitrogen and oxygen atoms in total. The Balaban J connectivity index is 2.14. The van der Waals surface area contributed by atoms with Gasteiger partial charge in [0.15, 0.2) is 0 Å². The van der Waals surface area contributed by atoms with Crippen molar-refractivity contribution < 1.29 is 9.90 Å². The summed E-state index contributed by atoms with van der Waals surface area (Å²) in [7, 11) is 0. The third-order valence-corrected chi connectivity index (χ3v) is 4.04. The van der Waals surface area contributed by atoms with Crippen LogP contribution >= 0.6 is 0 Å². The molecule has 0 fully saturated rings. The van der Waals surface area contributed by atoms with Gasteiger partial charge in [0.1, 0.15) is 11.6 Å². The minimum Gasteiger partial charge on any atom is -0.508 e. The Morgan fingerprint density at radius 1 is 1.38 bits per heavy atom. The molecular weight excluding hydrogens is 266 g/mol. The van der Waals surface area contributed by atoms with Crippen molar-refractivity contribution in [2.45, 2.75) is 39.5 Å². The molecule has 2 heterocycles. The third-order valence-electron chi connectivity index (χ3n) is 4.04. The maximum absolute atomic E-state index is 12.0. The lowest BCUT2D eigenvalue weighted by atomic mass is 9.86. The Labute approximate surface area is 123 Å². The van der Waals surface area contributed by atoms with Crippen LogP contribution in [0.1, 0.15) is 47.6 Å². The molecule has 1 aromatic carbocycles.